The van der Waals surface area contributed by atoms with E-state index in [0.717, 1.165) is 18.7 Å². The highest BCUT2D eigenvalue weighted by Gasteiger charge is 2.24. The number of aromatic nitrogens is 1. The molecule has 2 rings (SSSR count). The average molecular weight is 367 g/mol. The Kier molecular flexibility index (Phi) is 7.98. The molecule has 7 heteroatoms. The zero-order valence-corrected chi connectivity index (χ0v) is 16.4. The molecular formula is C18H27ClN4O2. The van der Waals surface area contributed by atoms with Crippen LogP contribution >= 0.6 is 11.6 Å². The van der Waals surface area contributed by atoms with Crippen molar-refractivity contribution in [3.8, 4) is 6.07 Å². The third kappa shape index (κ3) is 6.79. The molecule has 25 heavy (non-hydrogen) atoms. The number of rotatable bonds is 1. The molecule has 2 heterocycles. The van der Waals surface area contributed by atoms with Gasteiger partial charge in [-0.3, -0.25) is 0 Å². The number of anilines is 1. The predicted octanol–water partition coefficient (Wildman–Crippen LogP) is 4.08. The third-order valence-corrected chi connectivity index (χ3v) is 3.60. The minimum atomic E-state index is -0.497. The zero-order valence-electron chi connectivity index (χ0n) is 15.7. The molecule has 0 aromatic carbocycles. The Morgan fingerprint density at radius 1 is 1.24 bits per heavy atom. The maximum Gasteiger partial charge on any atom is 0.410 e. The second-order valence-electron chi connectivity index (χ2n) is 6.45. The Hall–Kier alpha value is -2.00. The minimum Gasteiger partial charge on any atom is -0.444 e. The predicted molar refractivity (Wildman–Crippen MR) is 99.9 cm³/mol. The van der Waals surface area contributed by atoms with Crippen LogP contribution in [0.25, 0.3) is 0 Å². The van der Waals surface area contributed by atoms with E-state index < -0.39 is 5.60 Å². The van der Waals surface area contributed by atoms with Gasteiger partial charge in [-0.2, -0.15) is 5.26 Å². The van der Waals surface area contributed by atoms with E-state index in [2.05, 4.69) is 9.88 Å². The summed E-state index contributed by atoms with van der Waals surface area (Å²) in [5, 5.41) is 9.30. The lowest BCUT2D eigenvalue weighted by atomic mass is 10.2. The number of nitriles is 1. The largest absolute Gasteiger partial charge is 0.444 e. The molecule has 0 aliphatic carbocycles. The van der Waals surface area contributed by atoms with Gasteiger partial charge in [-0.05, 0) is 39.3 Å². The van der Waals surface area contributed by atoms with Crippen molar-refractivity contribution in [2.75, 3.05) is 31.1 Å². The van der Waals surface area contributed by atoms with Gasteiger partial charge >= 0.3 is 6.09 Å². The van der Waals surface area contributed by atoms with E-state index in [1.807, 2.05) is 40.7 Å². The lowest BCUT2D eigenvalue weighted by Gasteiger charge is -2.27. The molecule has 1 fully saturated rings. The van der Waals surface area contributed by atoms with Crippen LogP contribution in [-0.4, -0.2) is 47.8 Å². The molecule has 1 amide bonds. The summed E-state index contributed by atoms with van der Waals surface area (Å²) in [4.78, 5) is 20.0. The Morgan fingerprint density at radius 3 is 2.52 bits per heavy atom. The van der Waals surface area contributed by atoms with E-state index in [1.54, 1.807) is 17.0 Å². The smallest absolute Gasteiger partial charge is 0.410 e. The van der Waals surface area contributed by atoms with Gasteiger partial charge in [0.25, 0.3) is 0 Å². The van der Waals surface area contributed by atoms with Gasteiger partial charge in [-0.15, -0.1) is 0 Å². The summed E-state index contributed by atoms with van der Waals surface area (Å²) in [7, 11) is 0. The normalized spacial score (nSPS) is 14.8. The van der Waals surface area contributed by atoms with Crippen LogP contribution in [0.5, 0.6) is 0 Å². The van der Waals surface area contributed by atoms with E-state index in [1.165, 1.54) is 0 Å². The van der Waals surface area contributed by atoms with Crippen molar-refractivity contribution in [1.82, 2.24) is 9.88 Å². The van der Waals surface area contributed by atoms with Gasteiger partial charge < -0.3 is 14.5 Å². The van der Waals surface area contributed by atoms with Crippen molar-refractivity contribution < 1.29 is 9.53 Å². The van der Waals surface area contributed by atoms with Crippen molar-refractivity contribution in [2.45, 2.75) is 46.6 Å². The Morgan fingerprint density at radius 2 is 1.92 bits per heavy atom. The molecule has 0 radical (unpaired) electrons. The van der Waals surface area contributed by atoms with Crippen molar-refractivity contribution in [3.63, 3.8) is 0 Å². The molecule has 138 valence electrons. The molecule has 6 nitrogen and oxygen atoms in total. The molecule has 0 bridgehead atoms. The molecule has 1 aliphatic heterocycles. The number of hydrogen-bond acceptors (Lipinski definition) is 5. The van der Waals surface area contributed by atoms with Crippen LogP contribution in [-0.2, 0) is 4.74 Å². The van der Waals surface area contributed by atoms with E-state index in [9.17, 15) is 4.79 Å². The zero-order chi connectivity index (χ0) is 19.0. The molecular weight excluding hydrogens is 340 g/mol. The summed E-state index contributed by atoms with van der Waals surface area (Å²) in [5.41, 5.74) is 0.650. The highest BCUT2D eigenvalue weighted by Crippen LogP contribution is 2.21. The van der Waals surface area contributed by atoms with Crippen molar-refractivity contribution in [3.05, 3.63) is 23.0 Å². The van der Waals surface area contributed by atoms with Crippen molar-refractivity contribution >= 4 is 23.4 Å². The lowest BCUT2D eigenvalue weighted by molar-refractivity contribution is 0.0263. The van der Waals surface area contributed by atoms with Crippen LogP contribution < -0.4 is 4.90 Å². The molecule has 0 N–H and O–H groups in total. The molecule has 1 aromatic rings. The number of amides is 1. The summed E-state index contributed by atoms with van der Waals surface area (Å²) in [5.74, 6) is 0. The number of carbonyl (C=O) groups excluding carboxylic acids is 1. The molecule has 0 spiro atoms. The fourth-order valence-corrected chi connectivity index (χ4v) is 2.61. The second-order valence-corrected chi connectivity index (χ2v) is 6.84. The van der Waals surface area contributed by atoms with Gasteiger partial charge in [0.15, 0.2) is 0 Å². The maximum atomic E-state index is 12.2. The van der Waals surface area contributed by atoms with Gasteiger partial charge in [-0.1, -0.05) is 25.4 Å². The molecule has 1 saturated heterocycles. The fourth-order valence-electron chi connectivity index (χ4n) is 2.41. The van der Waals surface area contributed by atoms with Crippen LogP contribution in [0.2, 0.25) is 5.15 Å². The molecule has 0 atom stereocenters. The second kappa shape index (κ2) is 9.47. The third-order valence-electron chi connectivity index (χ3n) is 3.41. The topological polar surface area (TPSA) is 69.5 Å². The van der Waals surface area contributed by atoms with E-state index >= 15 is 0 Å². The first-order valence-electron chi connectivity index (χ1n) is 8.59. The number of halogens is 1. The summed E-state index contributed by atoms with van der Waals surface area (Å²) in [6.07, 6.45) is 0.533. The Bertz CT molecular complexity index is 622. The lowest BCUT2D eigenvalue weighted by Crippen LogP contribution is -2.39. The van der Waals surface area contributed by atoms with Crippen LogP contribution in [0.3, 0.4) is 0 Å². The first-order chi connectivity index (χ1) is 11.8. The fraction of sp³-hybridized carbons (Fsp3) is 0.611. The molecule has 1 aliphatic rings. The van der Waals surface area contributed by atoms with Crippen molar-refractivity contribution in [2.24, 2.45) is 0 Å². The number of nitrogens with zero attached hydrogens (tertiary/aromatic N) is 4. The number of carbonyl (C=O) groups is 1. The number of pyridine rings is 1. The SMILES string of the molecule is CC.CC(C)(C)OC(=O)N1CCCN(c2cc(Cl)nc(C#N)c2)CC1. The minimum absolute atomic E-state index is 0.287. The monoisotopic (exact) mass is 366 g/mol. The van der Waals surface area contributed by atoms with Gasteiger partial charge in [0.2, 0.25) is 0 Å². The molecule has 1 aromatic heterocycles. The first kappa shape index (κ1) is 21.0. The average Bonchev–Trinajstić information content (AvgIpc) is 2.80. The highest BCUT2D eigenvalue weighted by molar-refractivity contribution is 6.29. The van der Waals surface area contributed by atoms with E-state index in [4.69, 9.17) is 21.6 Å². The Balaban J connectivity index is 0.00000151. The standard InChI is InChI=1S/C16H21ClN4O2.C2H6/c1-16(2,3)23-15(22)21-6-4-5-20(7-8-21)13-9-12(11-18)19-14(17)10-13;1-2/h9-10H,4-8H2,1-3H3;1-2H3. The van der Waals surface area contributed by atoms with E-state index in [-0.39, 0.29) is 6.09 Å². The van der Waals surface area contributed by atoms with E-state index in [0.29, 0.717) is 30.5 Å². The van der Waals surface area contributed by atoms with Crippen LogP contribution in [0.15, 0.2) is 12.1 Å². The summed E-state index contributed by atoms with van der Waals surface area (Å²) in [6, 6.07) is 5.47. The van der Waals surface area contributed by atoms with Gasteiger partial charge in [-0.25, -0.2) is 9.78 Å². The van der Waals surface area contributed by atoms with Gasteiger partial charge in [0.05, 0.1) is 0 Å². The highest BCUT2D eigenvalue weighted by atomic mass is 35.5. The number of ether oxygens (including phenoxy) is 1. The van der Waals surface area contributed by atoms with Crippen molar-refractivity contribution in [1.29, 1.82) is 5.26 Å². The molecule has 0 saturated carbocycles. The maximum absolute atomic E-state index is 12.2. The first-order valence-corrected chi connectivity index (χ1v) is 8.97. The summed E-state index contributed by atoms with van der Waals surface area (Å²) < 4.78 is 5.42. The summed E-state index contributed by atoms with van der Waals surface area (Å²) >= 11 is 5.97. The Labute approximate surface area is 155 Å². The number of hydrogen-bond donors (Lipinski definition) is 0. The van der Waals surface area contributed by atoms with Gasteiger partial charge in [0.1, 0.15) is 22.5 Å². The summed E-state index contributed by atoms with van der Waals surface area (Å²) in [6.45, 7) is 12.2. The molecule has 0 unspecified atom stereocenters. The van der Waals surface area contributed by atoms with Crippen LogP contribution in [0, 0.1) is 11.3 Å². The quantitative estimate of drug-likeness (QED) is 0.700. The van der Waals surface area contributed by atoms with Gasteiger partial charge in [0, 0.05) is 31.9 Å². The van der Waals surface area contributed by atoms with Crippen LogP contribution in [0.4, 0.5) is 10.5 Å². The van der Waals surface area contributed by atoms with Crippen LogP contribution in [0.1, 0.15) is 46.7 Å².